The molecule has 0 bridgehead atoms. The highest BCUT2D eigenvalue weighted by molar-refractivity contribution is 7.09. The number of nitrogens with zero attached hydrogens (tertiary/aromatic N) is 2. The lowest BCUT2D eigenvalue weighted by atomic mass is 10.2. The molecule has 1 aromatic heterocycles. The first kappa shape index (κ1) is 19.9. The Morgan fingerprint density at radius 3 is 2.97 bits per heavy atom. The maximum Gasteiger partial charge on any atom is 0.234 e. The van der Waals surface area contributed by atoms with Crippen molar-refractivity contribution in [2.75, 3.05) is 13.1 Å². The first-order chi connectivity index (χ1) is 14.1. The highest BCUT2D eigenvalue weighted by Crippen LogP contribution is 2.28. The molecule has 0 fully saturated rings. The van der Waals surface area contributed by atoms with Crippen LogP contribution in [0, 0.1) is 0 Å². The van der Waals surface area contributed by atoms with Crippen molar-refractivity contribution in [3.05, 3.63) is 69.5 Å². The summed E-state index contributed by atoms with van der Waals surface area (Å²) in [5.74, 6) is 0.806. The Labute approximate surface area is 179 Å². The molecule has 2 aromatic carbocycles. The fourth-order valence-corrected chi connectivity index (χ4v) is 4.33. The number of fused-ring (bicyclic) bond motifs is 1. The van der Waals surface area contributed by atoms with Crippen LogP contribution in [0.15, 0.2) is 53.9 Å². The molecule has 1 amide bonds. The summed E-state index contributed by atoms with van der Waals surface area (Å²) < 4.78 is 5.96. The van der Waals surface area contributed by atoms with Crippen LogP contribution < -0.4 is 10.1 Å². The molecule has 3 aromatic rings. The Morgan fingerprint density at radius 1 is 1.31 bits per heavy atom. The molecule has 0 unspecified atom stereocenters. The summed E-state index contributed by atoms with van der Waals surface area (Å²) in [7, 11) is 0. The third-order valence-corrected chi connectivity index (χ3v) is 5.77. The minimum atomic E-state index is -0.0286. The van der Waals surface area contributed by atoms with Gasteiger partial charge < -0.3 is 10.1 Å². The number of thiazole rings is 1. The highest BCUT2D eigenvalue weighted by atomic mass is 35.5. The van der Waals surface area contributed by atoms with E-state index >= 15 is 0 Å². The molecule has 1 aliphatic rings. The van der Waals surface area contributed by atoms with Gasteiger partial charge in [0.1, 0.15) is 16.9 Å². The van der Waals surface area contributed by atoms with E-state index in [1.807, 2.05) is 60.8 Å². The van der Waals surface area contributed by atoms with E-state index in [2.05, 4.69) is 15.2 Å². The fraction of sp³-hybridized carbons (Fsp3) is 0.273. The molecule has 7 heteroatoms. The number of nitrogens with one attached hydrogen (secondary N) is 1. The summed E-state index contributed by atoms with van der Waals surface area (Å²) in [6, 6.07) is 15.7. The summed E-state index contributed by atoms with van der Waals surface area (Å²) in [4.78, 5) is 19.2. The van der Waals surface area contributed by atoms with Gasteiger partial charge in [-0.25, -0.2) is 4.98 Å². The van der Waals surface area contributed by atoms with Gasteiger partial charge in [0.25, 0.3) is 0 Å². The lowest BCUT2D eigenvalue weighted by Crippen LogP contribution is -2.39. The van der Waals surface area contributed by atoms with Gasteiger partial charge in [-0.3, -0.25) is 9.69 Å². The van der Waals surface area contributed by atoms with Crippen molar-refractivity contribution >= 4 is 28.8 Å². The van der Waals surface area contributed by atoms with E-state index in [1.54, 1.807) is 11.3 Å². The van der Waals surface area contributed by atoms with Crippen molar-refractivity contribution < 1.29 is 9.53 Å². The van der Waals surface area contributed by atoms with Crippen molar-refractivity contribution in [3.63, 3.8) is 0 Å². The first-order valence-electron chi connectivity index (χ1n) is 9.51. The summed E-state index contributed by atoms with van der Waals surface area (Å²) in [5.41, 5.74) is 3.02. The lowest BCUT2D eigenvalue weighted by Gasteiger charge is -2.21. The Balaban J connectivity index is 1.34. The van der Waals surface area contributed by atoms with E-state index in [4.69, 9.17) is 16.3 Å². The number of halogens is 1. The molecule has 29 heavy (non-hydrogen) atoms. The van der Waals surface area contributed by atoms with Crippen molar-refractivity contribution in [2.24, 2.45) is 0 Å². The molecular weight excluding hydrogens is 406 g/mol. The fourth-order valence-electron chi connectivity index (χ4n) is 3.40. The first-order valence-corrected chi connectivity index (χ1v) is 10.8. The second-order valence-corrected chi connectivity index (χ2v) is 8.50. The molecule has 0 saturated heterocycles. The summed E-state index contributed by atoms with van der Waals surface area (Å²) in [5, 5.41) is 6.56. The van der Waals surface area contributed by atoms with Gasteiger partial charge in [0.05, 0.1) is 18.8 Å². The predicted molar refractivity (Wildman–Crippen MR) is 116 cm³/mol. The summed E-state index contributed by atoms with van der Waals surface area (Å²) in [6.07, 6.45) is -0.00220. The van der Waals surface area contributed by atoms with Gasteiger partial charge in [-0.1, -0.05) is 41.9 Å². The Kier molecular flexibility index (Phi) is 6.13. The van der Waals surface area contributed by atoms with Crippen LogP contribution in [-0.2, 0) is 17.9 Å². The van der Waals surface area contributed by atoms with Crippen molar-refractivity contribution in [3.8, 4) is 17.0 Å². The molecule has 1 aliphatic heterocycles. The topological polar surface area (TPSA) is 54.5 Å². The van der Waals surface area contributed by atoms with Crippen LogP contribution in [0.25, 0.3) is 11.3 Å². The van der Waals surface area contributed by atoms with Gasteiger partial charge in [0.15, 0.2) is 0 Å². The zero-order valence-electron chi connectivity index (χ0n) is 16.1. The minimum Gasteiger partial charge on any atom is -0.489 e. The van der Waals surface area contributed by atoms with Crippen LogP contribution in [0.1, 0.15) is 17.5 Å². The number of carbonyl (C=O) groups is 1. The van der Waals surface area contributed by atoms with Gasteiger partial charge >= 0.3 is 0 Å². The SMILES string of the molecule is C[C@H]1CN(CC(=O)NCc2nc(-c3ccccc3)cs2)Cc2cc(Cl)ccc2O1. The molecular formula is C22H22ClN3O2S. The lowest BCUT2D eigenvalue weighted by molar-refractivity contribution is -0.122. The normalized spacial score (nSPS) is 16.6. The largest absolute Gasteiger partial charge is 0.489 e. The van der Waals surface area contributed by atoms with E-state index in [0.29, 0.717) is 31.2 Å². The van der Waals surface area contributed by atoms with E-state index in [9.17, 15) is 4.79 Å². The predicted octanol–water partition coefficient (Wildman–Crippen LogP) is 4.36. The average Bonchev–Trinajstić information content (AvgIpc) is 3.12. The highest BCUT2D eigenvalue weighted by Gasteiger charge is 2.22. The van der Waals surface area contributed by atoms with Gasteiger partial charge in [0.2, 0.25) is 5.91 Å². The average molecular weight is 428 g/mol. The molecule has 1 N–H and O–H groups in total. The van der Waals surface area contributed by atoms with E-state index < -0.39 is 0 Å². The third-order valence-electron chi connectivity index (χ3n) is 4.69. The number of hydrogen-bond donors (Lipinski definition) is 1. The Hall–Kier alpha value is -2.41. The minimum absolute atomic E-state index is 0.00220. The quantitative estimate of drug-likeness (QED) is 0.657. The van der Waals surface area contributed by atoms with Crippen LogP contribution in [0.2, 0.25) is 5.02 Å². The van der Waals surface area contributed by atoms with Gasteiger partial charge in [-0.15, -0.1) is 11.3 Å². The van der Waals surface area contributed by atoms with Gasteiger partial charge in [-0.05, 0) is 25.1 Å². The molecule has 0 saturated carbocycles. The zero-order chi connectivity index (χ0) is 20.2. The maximum absolute atomic E-state index is 12.5. The zero-order valence-corrected chi connectivity index (χ0v) is 17.7. The van der Waals surface area contributed by atoms with Crippen molar-refractivity contribution in [1.29, 1.82) is 0 Å². The molecule has 0 spiro atoms. The third kappa shape index (κ3) is 5.15. The standard InChI is InChI=1S/C22H22ClN3O2S/c1-15-11-26(12-17-9-18(23)7-8-20(17)28-15)13-21(27)24-10-22-25-19(14-29-22)16-5-3-2-4-6-16/h2-9,14-15H,10-13H2,1H3,(H,24,27)/t15-/m0/s1. The maximum atomic E-state index is 12.5. The Bertz CT molecular complexity index is 993. The molecule has 4 rings (SSSR count). The summed E-state index contributed by atoms with van der Waals surface area (Å²) >= 11 is 7.68. The number of carbonyl (C=O) groups excluding carboxylic acids is 1. The number of aromatic nitrogens is 1. The number of benzene rings is 2. The number of ether oxygens (including phenoxy) is 1. The molecule has 1 atom stereocenters. The van der Waals surface area contributed by atoms with Crippen LogP contribution >= 0.6 is 22.9 Å². The van der Waals surface area contributed by atoms with E-state index in [0.717, 1.165) is 27.6 Å². The van der Waals surface area contributed by atoms with Crippen molar-refractivity contribution in [2.45, 2.75) is 26.1 Å². The van der Waals surface area contributed by atoms with Gasteiger partial charge in [-0.2, -0.15) is 0 Å². The molecule has 2 heterocycles. The van der Waals surface area contributed by atoms with Crippen molar-refractivity contribution in [1.82, 2.24) is 15.2 Å². The van der Waals surface area contributed by atoms with E-state index in [-0.39, 0.29) is 12.0 Å². The molecule has 0 aliphatic carbocycles. The van der Waals surface area contributed by atoms with Crippen LogP contribution in [0.4, 0.5) is 0 Å². The van der Waals surface area contributed by atoms with Crippen LogP contribution in [0.3, 0.4) is 0 Å². The molecule has 150 valence electrons. The van der Waals surface area contributed by atoms with E-state index in [1.165, 1.54) is 0 Å². The molecule has 0 radical (unpaired) electrons. The number of rotatable bonds is 5. The van der Waals surface area contributed by atoms with Crippen LogP contribution in [0.5, 0.6) is 5.75 Å². The Morgan fingerprint density at radius 2 is 2.14 bits per heavy atom. The van der Waals surface area contributed by atoms with Crippen LogP contribution in [-0.4, -0.2) is 35.0 Å². The second kappa shape index (κ2) is 8.95. The summed E-state index contributed by atoms with van der Waals surface area (Å²) in [6.45, 7) is 4.04. The monoisotopic (exact) mass is 427 g/mol. The second-order valence-electron chi connectivity index (χ2n) is 7.12. The molecule has 5 nitrogen and oxygen atoms in total. The number of hydrogen-bond acceptors (Lipinski definition) is 5. The number of amides is 1. The smallest absolute Gasteiger partial charge is 0.234 e. The van der Waals surface area contributed by atoms with Gasteiger partial charge in [0, 0.05) is 34.6 Å².